The van der Waals surface area contributed by atoms with Crippen LogP contribution in [-0.2, 0) is 9.53 Å². The van der Waals surface area contributed by atoms with Gasteiger partial charge in [-0.15, -0.1) is 0 Å². The van der Waals surface area contributed by atoms with E-state index in [0.717, 1.165) is 38.8 Å². The van der Waals surface area contributed by atoms with Crippen molar-refractivity contribution in [1.82, 2.24) is 4.90 Å². The molecule has 0 aromatic heterocycles. The van der Waals surface area contributed by atoms with E-state index in [1.165, 1.54) is 18.2 Å². The fourth-order valence-electron chi connectivity index (χ4n) is 3.91. The molecule has 8 heteroatoms. The van der Waals surface area contributed by atoms with Gasteiger partial charge in [-0.3, -0.25) is 19.8 Å². The van der Waals surface area contributed by atoms with Gasteiger partial charge in [0, 0.05) is 37.2 Å². The van der Waals surface area contributed by atoms with Crippen molar-refractivity contribution >= 4 is 17.3 Å². The number of nitro benzene ring substituents is 1. The van der Waals surface area contributed by atoms with E-state index >= 15 is 0 Å². The van der Waals surface area contributed by atoms with Gasteiger partial charge in [0.1, 0.15) is 5.75 Å². The van der Waals surface area contributed by atoms with Crippen LogP contribution in [0.25, 0.3) is 0 Å². The molecule has 8 nitrogen and oxygen atoms in total. The van der Waals surface area contributed by atoms with Crippen LogP contribution in [0.15, 0.2) is 18.2 Å². The van der Waals surface area contributed by atoms with E-state index in [9.17, 15) is 20.0 Å². The van der Waals surface area contributed by atoms with E-state index in [0.29, 0.717) is 19.6 Å². The number of hydrogen-bond acceptors (Lipinski definition) is 6. The Morgan fingerprint density at radius 3 is 2.64 bits per heavy atom. The summed E-state index contributed by atoms with van der Waals surface area (Å²) >= 11 is 0. The number of nitro groups is 1. The molecule has 1 saturated heterocycles. The summed E-state index contributed by atoms with van der Waals surface area (Å²) in [5, 5.41) is 23.4. The van der Waals surface area contributed by atoms with Gasteiger partial charge in [0.25, 0.3) is 5.69 Å². The molecule has 1 aliphatic carbocycles. The number of ether oxygens (including phenoxy) is 1. The molecule has 0 spiro atoms. The number of hydrogen-bond donors (Lipinski definition) is 2. The van der Waals surface area contributed by atoms with Crippen molar-refractivity contribution in [1.29, 1.82) is 0 Å². The number of phenolic OH excluding ortho intramolecular Hbond substituents is 1. The topological polar surface area (TPSA) is 105 Å². The Labute approximate surface area is 145 Å². The number of nitrogens with zero attached hydrogens (tertiary/aromatic N) is 2. The Bertz CT molecular complexity index is 652. The maximum Gasteiger partial charge on any atom is 0.271 e. The molecular weight excluding hydrogens is 326 g/mol. The van der Waals surface area contributed by atoms with Crippen molar-refractivity contribution < 1.29 is 19.6 Å². The van der Waals surface area contributed by atoms with Crippen LogP contribution < -0.4 is 5.32 Å². The summed E-state index contributed by atoms with van der Waals surface area (Å²) in [7, 11) is 0. The van der Waals surface area contributed by atoms with Gasteiger partial charge in [0.2, 0.25) is 5.91 Å². The van der Waals surface area contributed by atoms with Crippen molar-refractivity contribution in [3.8, 4) is 5.75 Å². The number of phenols is 1. The molecular formula is C17H23N3O5. The number of aromatic hydroxyl groups is 1. The molecule has 25 heavy (non-hydrogen) atoms. The Balaban J connectivity index is 1.72. The zero-order valence-corrected chi connectivity index (χ0v) is 14.1. The lowest BCUT2D eigenvalue weighted by molar-refractivity contribution is -0.384. The maximum atomic E-state index is 12.6. The SMILES string of the molecule is O=C(CC1(N2CCOCC2)CCCC1)Nc1cc([N+](=O)[O-])ccc1O. The predicted molar refractivity (Wildman–Crippen MR) is 91.6 cm³/mol. The van der Waals surface area contributed by atoms with Gasteiger partial charge in [-0.05, 0) is 18.9 Å². The first-order chi connectivity index (χ1) is 12.0. The monoisotopic (exact) mass is 349 g/mol. The van der Waals surface area contributed by atoms with E-state index < -0.39 is 4.92 Å². The molecule has 1 aromatic carbocycles. The number of non-ortho nitro benzene ring substituents is 1. The number of carbonyl (C=O) groups is 1. The van der Waals surface area contributed by atoms with Gasteiger partial charge >= 0.3 is 0 Å². The molecule has 1 aromatic rings. The van der Waals surface area contributed by atoms with E-state index in [4.69, 9.17) is 4.74 Å². The van der Waals surface area contributed by atoms with Gasteiger partial charge in [-0.1, -0.05) is 12.8 Å². The lowest BCUT2D eigenvalue weighted by Crippen LogP contribution is -2.53. The third kappa shape index (κ3) is 3.91. The fourth-order valence-corrected chi connectivity index (χ4v) is 3.91. The number of benzene rings is 1. The van der Waals surface area contributed by atoms with Crippen LogP contribution in [-0.4, -0.2) is 52.7 Å². The average molecular weight is 349 g/mol. The molecule has 1 aliphatic heterocycles. The molecule has 1 amide bonds. The minimum absolute atomic E-state index is 0.0781. The van der Waals surface area contributed by atoms with Crippen molar-refractivity contribution in [3.63, 3.8) is 0 Å². The third-order valence-electron chi connectivity index (χ3n) is 5.17. The highest BCUT2D eigenvalue weighted by Gasteiger charge is 2.41. The molecule has 0 unspecified atom stereocenters. The van der Waals surface area contributed by atoms with E-state index in [-0.39, 0.29) is 28.6 Å². The van der Waals surface area contributed by atoms with Crippen LogP contribution in [0, 0.1) is 10.1 Å². The van der Waals surface area contributed by atoms with Gasteiger partial charge in [-0.25, -0.2) is 0 Å². The molecule has 3 rings (SSSR count). The smallest absolute Gasteiger partial charge is 0.271 e. The molecule has 2 fully saturated rings. The first kappa shape index (κ1) is 17.6. The molecule has 0 bridgehead atoms. The zero-order valence-electron chi connectivity index (χ0n) is 14.1. The molecule has 1 saturated carbocycles. The minimum Gasteiger partial charge on any atom is -0.506 e. The van der Waals surface area contributed by atoms with Crippen molar-refractivity contribution in [2.75, 3.05) is 31.6 Å². The number of rotatable bonds is 5. The number of morpholine rings is 1. The fraction of sp³-hybridized carbons (Fsp3) is 0.588. The maximum absolute atomic E-state index is 12.6. The zero-order chi connectivity index (χ0) is 17.9. The summed E-state index contributed by atoms with van der Waals surface area (Å²) in [5.74, 6) is -0.407. The molecule has 2 N–H and O–H groups in total. The van der Waals surface area contributed by atoms with Crippen LogP contribution >= 0.6 is 0 Å². The second kappa shape index (κ2) is 7.37. The highest BCUT2D eigenvalue weighted by Crippen LogP contribution is 2.39. The number of carbonyl (C=O) groups excluding carboxylic acids is 1. The van der Waals surface area contributed by atoms with E-state index in [1.54, 1.807) is 0 Å². The third-order valence-corrected chi connectivity index (χ3v) is 5.17. The summed E-state index contributed by atoms with van der Waals surface area (Å²) in [5.41, 5.74) is -0.268. The van der Waals surface area contributed by atoms with Gasteiger partial charge in [0.05, 0.1) is 23.8 Å². The van der Waals surface area contributed by atoms with Crippen molar-refractivity contribution in [2.45, 2.75) is 37.6 Å². The highest BCUT2D eigenvalue weighted by molar-refractivity contribution is 5.93. The number of nitrogens with one attached hydrogen (secondary N) is 1. The van der Waals surface area contributed by atoms with Gasteiger partial charge in [0.15, 0.2) is 0 Å². The summed E-state index contributed by atoms with van der Waals surface area (Å²) in [6.07, 6.45) is 4.41. The largest absolute Gasteiger partial charge is 0.506 e. The standard InChI is InChI=1S/C17H23N3O5/c21-15-4-3-13(20(23)24)11-14(15)18-16(22)12-17(5-1-2-6-17)19-7-9-25-10-8-19/h3-4,11,21H,1-2,5-10,12H2,(H,18,22). The Kier molecular flexibility index (Phi) is 5.19. The second-order valence-electron chi connectivity index (χ2n) is 6.71. The number of amides is 1. The molecule has 1 heterocycles. The second-order valence-corrected chi connectivity index (χ2v) is 6.71. The quantitative estimate of drug-likeness (QED) is 0.480. The lowest BCUT2D eigenvalue weighted by atomic mass is 9.90. The van der Waals surface area contributed by atoms with E-state index in [2.05, 4.69) is 10.2 Å². The van der Waals surface area contributed by atoms with Crippen LogP contribution in [0.3, 0.4) is 0 Å². The normalized spacial score (nSPS) is 20.3. The Hall–Kier alpha value is -2.19. The molecule has 0 radical (unpaired) electrons. The van der Waals surface area contributed by atoms with Crippen LogP contribution in [0.4, 0.5) is 11.4 Å². The summed E-state index contributed by atoms with van der Waals surface area (Å²) in [6.45, 7) is 2.98. The minimum atomic E-state index is -0.554. The number of anilines is 1. The average Bonchev–Trinajstić information content (AvgIpc) is 3.07. The lowest BCUT2D eigenvalue weighted by Gasteiger charge is -2.43. The molecule has 0 atom stereocenters. The summed E-state index contributed by atoms with van der Waals surface area (Å²) < 4.78 is 5.42. The Morgan fingerprint density at radius 2 is 2.00 bits per heavy atom. The van der Waals surface area contributed by atoms with Crippen LogP contribution in [0.5, 0.6) is 5.75 Å². The summed E-state index contributed by atoms with van der Waals surface area (Å²) in [4.78, 5) is 25.3. The van der Waals surface area contributed by atoms with Gasteiger partial charge < -0.3 is 15.2 Å². The van der Waals surface area contributed by atoms with Crippen LogP contribution in [0.1, 0.15) is 32.1 Å². The molecule has 136 valence electrons. The van der Waals surface area contributed by atoms with Crippen LogP contribution in [0.2, 0.25) is 0 Å². The summed E-state index contributed by atoms with van der Waals surface area (Å²) in [6, 6.07) is 3.61. The van der Waals surface area contributed by atoms with E-state index in [1.807, 2.05) is 0 Å². The highest BCUT2D eigenvalue weighted by atomic mass is 16.6. The first-order valence-electron chi connectivity index (χ1n) is 8.60. The molecule has 2 aliphatic rings. The van der Waals surface area contributed by atoms with Crippen molar-refractivity contribution in [3.05, 3.63) is 28.3 Å². The van der Waals surface area contributed by atoms with Crippen molar-refractivity contribution in [2.24, 2.45) is 0 Å². The predicted octanol–water partition coefficient (Wildman–Crippen LogP) is 2.27. The first-order valence-corrected chi connectivity index (χ1v) is 8.60. The van der Waals surface area contributed by atoms with Gasteiger partial charge in [-0.2, -0.15) is 0 Å². The Morgan fingerprint density at radius 1 is 1.32 bits per heavy atom.